The van der Waals surface area contributed by atoms with Crippen molar-refractivity contribution < 1.29 is 34.7 Å². The molecule has 0 aliphatic carbocycles. The van der Waals surface area contributed by atoms with E-state index in [1.54, 1.807) is 6.92 Å². The summed E-state index contributed by atoms with van der Waals surface area (Å²) in [7, 11) is -8.25. The number of benzene rings is 3. The van der Waals surface area contributed by atoms with Crippen molar-refractivity contribution in [2.45, 2.75) is 31.3 Å². The van der Waals surface area contributed by atoms with Gasteiger partial charge >= 0.3 is 5.97 Å². The highest BCUT2D eigenvalue weighted by Crippen LogP contribution is 2.40. The van der Waals surface area contributed by atoms with E-state index in [0.717, 1.165) is 29.2 Å². The van der Waals surface area contributed by atoms with Crippen LogP contribution < -0.4 is 0 Å². The van der Waals surface area contributed by atoms with Crippen molar-refractivity contribution in [2.24, 2.45) is 0 Å². The van der Waals surface area contributed by atoms with Crippen LogP contribution in [0.4, 0.5) is 0 Å². The van der Waals surface area contributed by atoms with Gasteiger partial charge in [-0.2, -0.15) is 16.8 Å². The van der Waals surface area contributed by atoms with E-state index in [1.165, 1.54) is 0 Å². The van der Waals surface area contributed by atoms with Gasteiger partial charge in [0, 0.05) is 19.6 Å². The lowest BCUT2D eigenvalue weighted by Crippen LogP contribution is -2.43. The Morgan fingerprint density at radius 2 is 1.00 bits per heavy atom. The first-order valence-electron chi connectivity index (χ1n) is 11.8. The fourth-order valence-electron chi connectivity index (χ4n) is 4.18. The van der Waals surface area contributed by atoms with Crippen LogP contribution in [0.5, 0.6) is 0 Å². The fourth-order valence-corrected chi connectivity index (χ4v) is 5.48. The average Bonchev–Trinajstić information content (AvgIpc) is 2.84. The van der Waals surface area contributed by atoms with Gasteiger partial charge in [0.2, 0.25) is 0 Å². The van der Waals surface area contributed by atoms with Gasteiger partial charge < -0.3 is 9.47 Å². The normalized spacial score (nSPS) is 12.9. The maximum atomic E-state index is 11.9. The second kappa shape index (κ2) is 12.3. The zero-order valence-corrected chi connectivity index (χ0v) is 22.7. The topological polar surface area (TPSA) is 105 Å². The van der Waals surface area contributed by atoms with Crippen molar-refractivity contribution in [1.29, 1.82) is 0 Å². The quantitative estimate of drug-likeness (QED) is 0.126. The summed E-state index contributed by atoms with van der Waals surface area (Å²) in [4.78, 5) is 0. The minimum atomic E-state index is -4.13. The summed E-state index contributed by atoms with van der Waals surface area (Å²) >= 11 is 0. The predicted octanol–water partition coefficient (Wildman–Crippen LogP) is 4.42. The molecule has 0 radical (unpaired) electrons. The van der Waals surface area contributed by atoms with Crippen molar-refractivity contribution >= 4 is 20.2 Å². The van der Waals surface area contributed by atoms with E-state index in [4.69, 9.17) is 17.8 Å². The molecule has 8 nitrogen and oxygen atoms in total. The Hall–Kier alpha value is -2.60. The molecular formula is C27H32O8S2. The van der Waals surface area contributed by atoms with Crippen molar-refractivity contribution in [3.05, 3.63) is 108 Å². The summed E-state index contributed by atoms with van der Waals surface area (Å²) < 4.78 is 69.9. The molecule has 0 aromatic heterocycles. The van der Waals surface area contributed by atoms with Gasteiger partial charge in [0.05, 0.1) is 12.5 Å². The summed E-state index contributed by atoms with van der Waals surface area (Å²) in [5, 5.41) is 0. The van der Waals surface area contributed by atoms with Crippen molar-refractivity contribution in [2.75, 3.05) is 25.7 Å². The van der Waals surface area contributed by atoms with Crippen LogP contribution in [0, 0.1) is 0 Å². The van der Waals surface area contributed by atoms with Crippen molar-refractivity contribution in [1.82, 2.24) is 0 Å². The van der Waals surface area contributed by atoms with Gasteiger partial charge in [0.1, 0.15) is 5.60 Å². The molecule has 200 valence electrons. The predicted molar refractivity (Wildman–Crippen MR) is 141 cm³/mol. The molecular weight excluding hydrogens is 516 g/mol. The highest BCUT2D eigenvalue weighted by atomic mass is 32.2. The van der Waals surface area contributed by atoms with Gasteiger partial charge in [-0.25, -0.2) is 8.37 Å². The SMILES string of the molecule is CCOC(CCCOC(c1ccccc1)(c1ccccc1)c1ccccc1)(OS(C)(=O)=O)OS(C)(=O)=O. The van der Waals surface area contributed by atoms with Crippen molar-refractivity contribution in [3.63, 3.8) is 0 Å². The minimum Gasteiger partial charge on any atom is -0.361 e. The van der Waals surface area contributed by atoms with Gasteiger partial charge in [0.15, 0.2) is 0 Å². The van der Waals surface area contributed by atoms with Crippen LogP contribution in [-0.2, 0) is 43.7 Å². The summed E-state index contributed by atoms with van der Waals surface area (Å²) in [6, 6.07) is 29.2. The third kappa shape index (κ3) is 7.94. The Kier molecular flexibility index (Phi) is 9.63. The molecule has 3 aromatic carbocycles. The Morgan fingerprint density at radius 3 is 1.32 bits per heavy atom. The maximum Gasteiger partial charge on any atom is 0.313 e. The van der Waals surface area contributed by atoms with Gasteiger partial charge in [-0.1, -0.05) is 91.0 Å². The van der Waals surface area contributed by atoms with Crippen molar-refractivity contribution in [3.8, 4) is 0 Å². The molecule has 37 heavy (non-hydrogen) atoms. The maximum absolute atomic E-state index is 11.9. The van der Waals surface area contributed by atoms with E-state index in [9.17, 15) is 16.8 Å². The lowest BCUT2D eigenvalue weighted by atomic mass is 9.80. The van der Waals surface area contributed by atoms with Crippen LogP contribution in [-0.4, -0.2) is 48.5 Å². The largest absolute Gasteiger partial charge is 0.361 e. The van der Waals surface area contributed by atoms with Gasteiger partial charge in [0.25, 0.3) is 20.2 Å². The molecule has 0 saturated heterocycles. The lowest BCUT2D eigenvalue weighted by molar-refractivity contribution is -0.300. The Bertz CT molecular complexity index is 1200. The van der Waals surface area contributed by atoms with Crippen LogP contribution in [0.25, 0.3) is 0 Å². The number of hydrogen-bond donors (Lipinski definition) is 0. The molecule has 10 heteroatoms. The molecule has 0 bridgehead atoms. The van der Waals surface area contributed by atoms with E-state index in [1.807, 2.05) is 91.0 Å². The summed E-state index contributed by atoms with van der Waals surface area (Å²) in [5.74, 6) is -2.34. The van der Waals surface area contributed by atoms with E-state index in [2.05, 4.69) is 0 Å². The van der Waals surface area contributed by atoms with E-state index in [-0.39, 0.29) is 26.1 Å². The molecule has 0 spiro atoms. The van der Waals surface area contributed by atoms with Gasteiger partial charge in [-0.15, -0.1) is 0 Å². The molecule has 0 saturated carbocycles. The molecule has 0 aliphatic heterocycles. The Balaban J connectivity index is 1.98. The van der Waals surface area contributed by atoms with E-state index >= 15 is 0 Å². The molecule has 0 amide bonds. The zero-order valence-electron chi connectivity index (χ0n) is 21.1. The fraction of sp³-hybridized carbons (Fsp3) is 0.333. The second-order valence-electron chi connectivity index (χ2n) is 8.42. The Labute approximate surface area is 219 Å². The van der Waals surface area contributed by atoms with Crippen LogP contribution in [0.1, 0.15) is 36.5 Å². The summed E-state index contributed by atoms with van der Waals surface area (Å²) in [5.41, 5.74) is 1.68. The molecule has 0 aliphatic rings. The Morgan fingerprint density at radius 1 is 0.622 bits per heavy atom. The first-order chi connectivity index (χ1) is 17.5. The molecule has 0 heterocycles. The molecule has 3 aromatic rings. The lowest BCUT2D eigenvalue weighted by Gasteiger charge is -2.36. The van der Waals surface area contributed by atoms with Crippen LogP contribution in [0.3, 0.4) is 0 Å². The molecule has 0 atom stereocenters. The summed E-state index contributed by atoms with van der Waals surface area (Å²) in [6.45, 7) is 1.62. The van der Waals surface area contributed by atoms with Gasteiger partial charge in [-0.05, 0) is 30.0 Å². The van der Waals surface area contributed by atoms with Crippen LogP contribution in [0.15, 0.2) is 91.0 Å². The second-order valence-corrected chi connectivity index (χ2v) is 11.6. The first kappa shape index (κ1) is 29.0. The minimum absolute atomic E-state index is 0.0477. The highest BCUT2D eigenvalue weighted by Gasteiger charge is 2.42. The van der Waals surface area contributed by atoms with Crippen LogP contribution in [0.2, 0.25) is 0 Å². The summed E-state index contributed by atoms with van der Waals surface area (Å²) in [6.07, 6.45) is 1.52. The standard InChI is InChI=1S/C27H32O8S2/c1-4-32-26(34-36(2,28)29,35-37(3,30)31)21-14-22-33-27(23-15-8-5-9-16-23,24-17-10-6-11-18-24)25-19-12-7-13-20-25/h5-13,15-20H,4,14,21-22H2,1-3H3. The zero-order chi connectivity index (χ0) is 27.0. The third-order valence-electron chi connectivity index (χ3n) is 5.41. The smallest absolute Gasteiger partial charge is 0.313 e. The van der Waals surface area contributed by atoms with Gasteiger partial charge in [-0.3, -0.25) is 0 Å². The number of hydrogen-bond acceptors (Lipinski definition) is 8. The molecule has 3 rings (SSSR count). The van der Waals surface area contributed by atoms with E-state index in [0.29, 0.717) is 0 Å². The van der Waals surface area contributed by atoms with E-state index < -0.39 is 31.8 Å². The first-order valence-corrected chi connectivity index (χ1v) is 15.4. The monoisotopic (exact) mass is 548 g/mol. The third-order valence-corrected chi connectivity index (χ3v) is 6.52. The number of ether oxygens (including phenoxy) is 2. The van der Waals surface area contributed by atoms with Crippen LogP contribution >= 0.6 is 0 Å². The molecule has 0 unspecified atom stereocenters. The number of rotatable bonds is 14. The highest BCUT2D eigenvalue weighted by molar-refractivity contribution is 7.86. The average molecular weight is 549 g/mol. The molecule has 0 fully saturated rings. The molecule has 0 N–H and O–H groups in total.